The van der Waals surface area contributed by atoms with E-state index < -0.39 is 0 Å². The molecule has 45 heavy (non-hydrogen) atoms. The number of anilines is 1. The number of fused-ring (bicyclic) bond motifs is 5. The molecule has 1 aromatic heterocycles. The zero-order chi connectivity index (χ0) is 29.7. The molecule has 0 radical (unpaired) electrons. The Kier molecular flexibility index (Phi) is 5.88. The lowest BCUT2D eigenvalue weighted by molar-refractivity contribution is 1.18. The topological polar surface area (TPSA) is 29.3 Å². The lowest BCUT2D eigenvalue weighted by atomic mass is 9.93. The van der Waals surface area contributed by atoms with E-state index in [2.05, 4.69) is 168 Å². The first-order valence-corrected chi connectivity index (χ1v) is 15.4. The fourth-order valence-corrected chi connectivity index (χ4v) is 6.85. The third-order valence-electron chi connectivity index (χ3n) is 8.98. The zero-order valence-electron chi connectivity index (χ0n) is 24.6. The van der Waals surface area contributed by atoms with Crippen molar-refractivity contribution in [3.63, 3.8) is 0 Å². The van der Waals surface area contributed by atoms with Crippen LogP contribution in [0.5, 0.6) is 0 Å². The molecule has 0 fully saturated rings. The van der Waals surface area contributed by atoms with Crippen LogP contribution in [0, 0.1) is 0 Å². The molecule has 1 N–H and O–H groups in total. The molecule has 0 saturated carbocycles. The van der Waals surface area contributed by atoms with Crippen molar-refractivity contribution in [3.05, 3.63) is 163 Å². The van der Waals surface area contributed by atoms with Gasteiger partial charge >= 0.3 is 0 Å². The monoisotopic (exact) mass is 575 g/mol. The molecular formula is C42H29N3. The molecule has 9 rings (SSSR count). The molecule has 1 aliphatic rings. The lowest BCUT2D eigenvalue weighted by Crippen LogP contribution is -2.03. The Morgan fingerprint density at radius 3 is 2.07 bits per heavy atom. The maximum Gasteiger partial charge on any atom is 0.0695 e. The van der Waals surface area contributed by atoms with Crippen molar-refractivity contribution in [1.82, 2.24) is 4.57 Å². The van der Waals surface area contributed by atoms with E-state index in [4.69, 9.17) is 4.99 Å². The van der Waals surface area contributed by atoms with Gasteiger partial charge in [0.25, 0.3) is 0 Å². The molecule has 0 aliphatic carbocycles. The highest BCUT2D eigenvalue weighted by Crippen LogP contribution is 2.41. The first-order chi connectivity index (χ1) is 22.3. The van der Waals surface area contributed by atoms with Crippen LogP contribution in [0.15, 0.2) is 163 Å². The van der Waals surface area contributed by atoms with Crippen LogP contribution in [0.2, 0.25) is 0 Å². The zero-order valence-corrected chi connectivity index (χ0v) is 24.6. The van der Waals surface area contributed by atoms with E-state index in [1.165, 1.54) is 60.5 Å². The highest BCUT2D eigenvalue weighted by molar-refractivity contribution is 6.16. The summed E-state index contributed by atoms with van der Waals surface area (Å²) in [7, 11) is 0. The van der Waals surface area contributed by atoms with E-state index in [-0.39, 0.29) is 0 Å². The molecule has 2 heterocycles. The van der Waals surface area contributed by atoms with Gasteiger partial charge in [0.05, 0.1) is 34.7 Å². The summed E-state index contributed by atoms with van der Waals surface area (Å²) in [5, 5.41) is 8.62. The van der Waals surface area contributed by atoms with Crippen molar-refractivity contribution in [2.75, 3.05) is 11.9 Å². The van der Waals surface area contributed by atoms with E-state index in [9.17, 15) is 0 Å². The summed E-state index contributed by atoms with van der Waals surface area (Å²) in [6.45, 7) is 0.690. The molecule has 0 spiro atoms. The number of aromatic nitrogens is 1. The maximum absolute atomic E-state index is 5.20. The van der Waals surface area contributed by atoms with Gasteiger partial charge in [0, 0.05) is 27.6 Å². The maximum atomic E-state index is 5.20. The molecule has 8 aromatic rings. The van der Waals surface area contributed by atoms with Gasteiger partial charge in [-0.2, -0.15) is 0 Å². The van der Waals surface area contributed by atoms with Gasteiger partial charge in [0.15, 0.2) is 0 Å². The summed E-state index contributed by atoms with van der Waals surface area (Å²) in [5.41, 5.74) is 12.7. The fourth-order valence-electron chi connectivity index (χ4n) is 6.85. The molecule has 1 aliphatic heterocycles. The van der Waals surface area contributed by atoms with Gasteiger partial charge in [-0.1, -0.05) is 103 Å². The molecule has 0 amide bonds. The van der Waals surface area contributed by atoms with Crippen LogP contribution < -0.4 is 5.32 Å². The van der Waals surface area contributed by atoms with Gasteiger partial charge in [0.2, 0.25) is 0 Å². The van der Waals surface area contributed by atoms with Gasteiger partial charge in [-0.25, -0.2) is 0 Å². The second-order valence-electron chi connectivity index (χ2n) is 11.7. The molecule has 7 aromatic carbocycles. The van der Waals surface area contributed by atoms with E-state index >= 15 is 0 Å². The average Bonchev–Trinajstić information content (AvgIpc) is 3.67. The van der Waals surface area contributed by atoms with Gasteiger partial charge < -0.3 is 9.88 Å². The highest BCUT2D eigenvalue weighted by atomic mass is 15.0. The first kappa shape index (κ1) is 25.6. The van der Waals surface area contributed by atoms with Crippen molar-refractivity contribution in [3.8, 4) is 27.9 Å². The summed E-state index contributed by atoms with van der Waals surface area (Å²) in [5.74, 6) is 0. The number of benzene rings is 7. The van der Waals surface area contributed by atoms with Crippen LogP contribution in [0.4, 0.5) is 11.4 Å². The standard InChI is InChI=1S/C42H29N3/c1-3-12-29(13-4-1)36-25-32(26-38-39(27-43-42(36)38)44-33-21-19-28-11-7-8-14-30(28)23-33)31-20-22-41-37(24-31)35-17-9-10-18-40(35)45(41)34-15-5-2-6-16-34/h1-26,43H,27H2/b44-39+. The van der Waals surface area contributed by atoms with Gasteiger partial charge in [0.1, 0.15) is 0 Å². The number of hydrogen-bond acceptors (Lipinski definition) is 2. The fraction of sp³-hybridized carbons (Fsp3) is 0.0238. The number of rotatable bonds is 4. The van der Waals surface area contributed by atoms with Crippen molar-refractivity contribution < 1.29 is 0 Å². The van der Waals surface area contributed by atoms with E-state index in [0.717, 1.165) is 22.6 Å². The summed E-state index contributed by atoms with van der Waals surface area (Å²) < 4.78 is 2.37. The predicted molar refractivity (Wildman–Crippen MR) is 190 cm³/mol. The van der Waals surface area contributed by atoms with Crippen LogP contribution in [-0.4, -0.2) is 16.8 Å². The van der Waals surface area contributed by atoms with Crippen LogP contribution in [0.25, 0.3) is 60.5 Å². The lowest BCUT2D eigenvalue weighted by Gasteiger charge is -2.13. The molecule has 3 heteroatoms. The smallest absolute Gasteiger partial charge is 0.0695 e. The van der Waals surface area contributed by atoms with Crippen molar-refractivity contribution in [1.29, 1.82) is 0 Å². The minimum atomic E-state index is 0.690. The molecular weight excluding hydrogens is 546 g/mol. The number of nitrogens with zero attached hydrogens (tertiary/aromatic N) is 2. The Hall–Kier alpha value is -5.93. The Bertz CT molecular complexity index is 2420. The SMILES string of the molecule is c1ccc(-c2cc(-c3ccc4c(c3)c3ccccc3n4-c3ccccc3)cc3c2NC/C3=N\c2ccc3ccccc3c2)cc1. The largest absolute Gasteiger partial charge is 0.378 e. The molecule has 3 nitrogen and oxygen atoms in total. The van der Waals surface area contributed by atoms with E-state index in [0.29, 0.717) is 6.54 Å². The second-order valence-corrected chi connectivity index (χ2v) is 11.7. The van der Waals surface area contributed by atoms with Crippen LogP contribution in [0.3, 0.4) is 0 Å². The predicted octanol–water partition coefficient (Wildman–Crippen LogP) is 10.8. The van der Waals surface area contributed by atoms with Crippen molar-refractivity contribution >= 4 is 49.7 Å². The van der Waals surface area contributed by atoms with Crippen LogP contribution in [-0.2, 0) is 0 Å². The van der Waals surface area contributed by atoms with Crippen LogP contribution in [0.1, 0.15) is 5.56 Å². The van der Waals surface area contributed by atoms with Crippen molar-refractivity contribution in [2.24, 2.45) is 4.99 Å². The number of nitrogens with one attached hydrogen (secondary N) is 1. The molecule has 0 atom stereocenters. The first-order valence-electron chi connectivity index (χ1n) is 15.4. The Morgan fingerprint density at radius 2 is 1.20 bits per heavy atom. The van der Waals surface area contributed by atoms with Crippen LogP contribution >= 0.6 is 0 Å². The number of para-hydroxylation sites is 2. The molecule has 0 unspecified atom stereocenters. The summed E-state index contributed by atoms with van der Waals surface area (Å²) in [6.07, 6.45) is 0. The van der Waals surface area contributed by atoms with E-state index in [1.54, 1.807) is 0 Å². The number of aliphatic imine (C=N–C) groups is 1. The summed E-state index contributed by atoms with van der Waals surface area (Å²) in [6, 6.07) is 56.5. The van der Waals surface area contributed by atoms with Gasteiger partial charge in [-0.05, 0) is 82.1 Å². The normalized spacial score (nSPS) is 13.5. The Morgan fingerprint density at radius 1 is 0.489 bits per heavy atom. The molecule has 0 saturated heterocycles. The Balaban J connectivity index is 1.24. The molecule has 0 bridgehead atoms. The third kappa shape index (κ3) is 4.32. The minimum absolute atomic E-state index is 0.690. The second kappa shape index (κ2) is 10.4. The summed E-state index contributed by atoms with van der Waals surface area (Å²) >= 11 is 0. The van der Waals surface area contributed by atoms with Gasteiger partial charge in [-0.15, -0.1) is 0 Å². The van der Waals surface area contributed by atoms with E-state index in [1.807, 2.05) is 0 Å². The van der Waals surface area contributed by atoms with Gasteiger partial charge in [-0.3, -0.25) is 4.99 Å². The minimum Gasteiger partial charge on any atom is -0.378 e. The quantitative estimate of drug-likeness (QED) is 0.222. The average molecular weight is 576 g/mol. The third-order valence-corrected chi connectivity index (χ3v) is 8.98. The number of hydrogen-bond donors (Lipinski definition) is 1. The summed E-state index contributed by atoms with van der Waals surface area (Å²) in [4.78, 5) is 5.20. The molecule has 212 valence electrons. The highest BCUT2D eigenvalue weighted by Gasteiger charge is 2.23. The van der Waals surface area contributed by atoms with Crippen molar-refractivity contribution in [2.45, 2.75) is 0 Å². The Labute approximate surface area is 261 Å².